The van der Waals surface area contributed by atoms with Gasteiger partial charge in [-0.2, -0.15) is 29.8 Å². The third kappa shape index (κ3) is 7.00. The molecule has 232 valence electrons. The third-order valence-electron chi connectivity index (χ3n) is 7.84. The Morgan fingerprint density at radius 3 is 1.98 bits per heavy atom. The minimum Gasteiger partial charge on any atom is -0.358 e. The van der Waals surface area contributed by atoms with Gasteiger partial charge in [-0.05, 0) is 62.2 Å². The Labute approximate surface area is 252 Å². The van der Waals surface area contributed by atoms with Gasteiger partial charge in [0, 0.05) is 40.9 Å². The number of anilines is 1. The van der Waals surface area contributed by atoms with E-state index >= 15 is 0 Å². The van der Waals surface area contributed by atoms with Crippen LogP contribution in [-0.2, 0) is 41.2 Å². The molecule has 0 atom stereocenters. The molecular formula is C29H35N2O9S3+. The summed E-state index contributed by atoms with van der Waals surface area (Å²) in [5.74, 6) is -0.368. The number of hydrogen-bond donors (Lipinski definition) is 4. The van der Waals surface area contributed by atoms with E-state index in [-0.39, 0.29) is 22.0 Å². The van der Waals surface area contributed by atoms with E-state index < -0.39 is 41.2 Å². The number of rotatable bonds is 10. The summed E-state index contributed by atoms with van der Waals surface area (Å²) in [4.78, 5) is -0.400. The van der Waals surface area contributed by atoms with Crippen molar-refractivity contribution in [2.75, 3.05) is 17.6 Å². The van der Waals surface area contributed by atoms with Gasteiger partial charge in [-0.3, -0.25) is 13.7 Å². The van der Waals surface area contributed by atoms with Crippen molar-refractivity contribution in [2.45, 2.75) is 61.2 Å². The van der Waals surface area contributed by atoms with E-state index in [2.05, 4.69) is 5.32 Å². The van der Waals surface area contributed by atoms with Crippen molar-refractivity contribution in [2.24, 2.45) is 0 Å². The Morgan fingerprint density at radius 2 is 1.37 bits per heavy atom. The van der Waals surface area contributed by atoms with Gasteiger partial charge in [0.1, 0.15) is 6.54 Å². The quantitative estimate of drug-likeness (QED) is 0.123. The van der Waals surface area contributed by atoms with Crippen LogP contribution in [0.25, 0.3) is 0 Å². The normalized spacial score (nSPS) is 18.9. The molecule has 0 radical (unpaired) electrons. The van der Waals surface area contributed by atoms with Crippen LogP contribution in [0.3, 0.4) is 0 Å². The lowest BCUT2D eigenvalue weighted by atomic mass is 9.81. The molecule has 11 nitrogen and oxygen atoms in total. The second kappa shape index (κ2) is 11.4. The van der Waals surface area contributed by atoms with Crippen molar-refractivity contribution >= 4 is 47.4 Å². The summed E-state index contributed by atoms with van der Waals surface area (Å²) in [6.45, 7) is 8.12. The number of nitrogens with zero attached hydrogens (tertiary/aromatic N) is 1. The molecule has 0 amide bonds. The van der Waals surface area contributed by atoms with Crippen molar-refractivity contribution in [1.82, 2.24) is 0 Å². The van der Waals surface area contributed by atoms with E-state index in [0.717, 1.165) is 28.3 Å². The summed E-state index contributed by atoms with van der Waals surface area (Å²) < 4.78 is 99.4. The smallest absolute Gasteiger partial charge is 0.294 e. The van der Waals surface area contributed by atoms with Crippen LogP contribution in [0.4, 0.5) is 11.4 Å². The van der Waals surface area contributed by atoms with E-state index in [9.17, 15) is 34.4 Å². The van der Waals surface area contributed by atoms with Gasteiger partial charge in [-0.15, -0.1) is 0 Å². The number of nitrogens with one attached hydrogen (secondary N) is 1. The molecule has 4 N–H and O–H groups in total. The maximum absolute atomic E-state index is 11.8. The van der Waals surface area contributed by atoms with Gasteiger partial charge >= 0.3 is 0 Å². The van der Waals surface area contributed by atoms with Crippen LogP contribution in [0.15, 0.2) is 82.3 Å². The Hall–Kier alpha value is -3.14. The number of fused-ring (bicyclic) bond motifs is 2. The van der Waals surface area contributed by atoms with Gasteiger partial charge in [-0.1, -0.05) is 32.1 Å². The summed E-state index contributed by atoms with van der Waals surface area (Å²) in [5, 5.41) is 3.29. The molecule has 0 aromatic heterocycles. The average Bonchev–Trinajstić information content (AvgIpc) is 3.25. The molecule has 0 bridgehead atoms. The topological polar surface area (TPSA) is 178 Å². The highest BCUT2D eigenvalue weighted by atomic mass is 32.2. The molecule has 2 aliphatic rings. The van der Waals surface area contributed by atoms with E-state index in [1.807, 2.05) is 62.7 Å². The highest BCUT2D eigenvalue weighted by Crippen LogP contribution is 2.44. The monoisotopic (exact) mass is 651 g/mol. The molecule has 0 unspecified atom stereocenters. The fraction of sp³-hybridized carbons (Fsp3) is 0.345. The summed E-state index contributed by atoms with van der Waals surface area (Å²) in [7, 11) is -12.9. The van der Waals surface area contributed by atoms with Crippen LogP contribution in [-0.4, -0.2) is 61.5 Å². The number of benzene rings is 2. The molecule has 2 heterocycles. The van der Waals surface area contributed by atoms with Crippen molar-refractivity contribution in [1.29, 1.82) is 0 Å². The predicted molar refractivity (Wildman–Crippen MR) is 164 cm³/mol. The van der Waals surface area contributed by atoms with Crippen LogP contribution in [0.5, 0.6) is 0 Å². The second-order valence-corrected chi connectivity index (χ2v) is 16.0. The van der Waals surface area contributed by atoms with Gasteiger partial charge in [0.25, 0.3) is 30.4 Å². The standard InChI is InChI=1S/C29H34N2O9S3/c1-28(2)22-18-20(42(35,36)37)12-14-24(22)30-26(28)10-6-5-7-11-27-29(3,4)23-19-21(43(38,39)40)13-15-25(23)31(27)16-8-9-17-41(32,33)34/h5-7,10-15,18-19H,8-9,16-17H2,1-4H3,(H3,32,33,34,35,36,37,38,39,40)/p+1. The molecule has 2 aliphatic heterocycles. The van der Waals surface area contributed by atoms with E-state index in [1.165, 1.54) is 24.3 Å². The van der Waals surface area contributed by atoms with Crippen molar-refractivity contribution in [3.63, 3.8) is 0 Å². The first kappa shape index (κ1) is 32.8. The van der Waals surface area contributed by atoms with E-state index in [0.29, 0.717) is 18.5 Å². The lowest BCUT2D eigenvalue weighted by Gasteiger charge is -2.20. The maximum atomic E-state index is 11.8. The lowest BCUT2D eigenvalue weighted by molar-refractivity contribution is -0.438. The summed E-state index contributed by atoms with van der Waals surface area (Å²) >= 11 is 0. The molecular weight excluding hydrogens is 617 g/mol. The number of unbranched alkanes of at least 4 members (excludes halogenated alkanes) is 1. The van der Waals surface area contributed by atoms with E-state index in [1.54, 1.807) is 12.1 Å². The summed E-state index contributed by atoms with van der Waals surface area (Å²) in [5.41, 5.74) is 3.30. The summed E-state index contributed by atoms with van der Waals surface area (Å²) in [6.07, 6.45) is 9.86. The predicted octanol–water partition coefficient (Wildman–Crippen LogP) is 4.62. The molecule has 4 rings (SSSR count). The van der Waals surface area contributed by atoms with Crippen molar-refractivity contribution in [3.05, 3.63) is 83.6 Å². The molecule has 0 fully saturated rings. The fourth-order valence-electron chi connectivity index (χ4n) is 5.48. The number of hydrogen-bond acceptors (Lipinski definition) is 7. The Balaban J connectivity index is 1.62. The van der Waals surface area contributed by atoms with Crippen molar-refractivity contribution < 1.29 is 43.5 Å². The van der Waals surface area contributed by atoms with Crippen LogP contribution in [0.2, 0.25) is 0 Å². The van der Waals surface area contributed by atoms with Gasteiger partial charge in [0.15, 0.2) is 5.71 Å². The first-order valence-corrected chi connectivity index (χ1v) is 17.9. The molecule has 0 spiro atoms. The zero-order valence-electron chi connectivity index (χ0n) is 24.1. The van der Waals surface area contributed by atoms with Gasteiger partial charge < -0.3 is 5.32 Å². The van der Waals surface area contributed by atoms with Crippen molar-refractivity contribution in [3.8, 4) is 0 Å². The Morgan fingerprint density at radius 1 is 0.767 bits per heavy atom. The van der Waals surface area contributed by atoms with Gasteiger partial charge in [0.05, 0.1) is 21.0 Å². The Bertz CT molecular complexity index is 1920. The summed E-state index contributed by atoms with van der Waals surface area (Å²) in [6, 6.07) is 8.78. The molecule has 2 aromatic carbocycles. The highest BCUT2D eigenvalue weighted by Gasteiger charge is 2.44. The molecule has 2 aromatic rings. The zero-order valence-corrected chi connectivity index (χ0v) is 26.6. The van der Waals surface area contributed by atoms with Gasteiger partial charge in [0.2, 0.25) is 5.69 Å². The van der Waals surface area contributed by atoms with Crippen LogP contribution >= 0.6 is 0 Å². The van der Waals surface area contributed by atoms with Gasteiger partial charge in [-0.25, -0.2) is 0 Å². The first-order valence-electron chi connectivity index (χ1n) is 13.4. The minimum atomic E-state index is -4.42. The molecule has 0 saturated carbocycles. The third-order valence-corrected chi connectivity index (χ3v) is 10.3. The SMILES string of the molecule is CC1(C)C(/C=C/C=C/C=C2/Nc3ccc(S(=O)(=O)O)cc3C2(C)C)=[N+](CCCCS(=O)(=O)O)c2ccc(S(=O)(=O)O)cc21. The van der Waals surface area contributed by atoms with E-state index in [4.69, 9.17) is 4.55 Å². The largest absolute Gasteiger partial charge is 0.358 e. The maximum Gasteiger partial charge on any atom is 0.294 e. The zero-order chi connectivity index (χ0) is 32.0. The number of allylic oxidation sites excluding steroid dienone is 6. The highest BCUT2D eigenvalue weighted by molar-refractivity contribution is 7.86. The molecule has 43 heavy (non-hydrogen) atoms. The fourth-order valence-corrected chi connectivity index (χ4v) is 7.06. The molecule has 0 aliphatic carbocycles. The lowest BCUT2D eigenvalue weighted by Crippen LogP contribution is -2.28. The minimum absolute atomic E-state index is 0.177. The second-order valence-electron chi connectivity index (χ2n) is 11.6. The van der Waals surface area contributed by atoms with Crippen LogP contribution in [0, 0.1) is 0 Å². The average molecular weight is 652 g/mol. The van der Waals surface area contributed by atoms with Crippen LogP contribution < -0.4 is 5.32 Å². The molecule has 0 saturated heterocycles. The molecule has 14 heteroatoms. The van der Waals surface area contributed by atoms with Crippen LogP contribution in [0.1, 0.15) is 51.7 Å². The first-order chi connectivity index (χ1) is 19.7. The Kier molecular flexibility index (Phi) is 8.70.